The lowest BCUT2D eigenvalue weighted by molar-refractivity contribution is 0.175. The van der Waals surface area contributed by atoms with Gasteiger partial charge in [0.05, 0.1) is 0 Å². The van der Waals surface area contributed by atoms with Crippen LogP contribution in [0, 0.1) is 5.92 Å². The molecule has 0 unspecified atom stereocenters. The van der Waals surface area contributed by atoms with Gasteiger partial charge in [-0.15, -0.1) is 11.3 Å². The molecule has 0 saturated carbocycles. The van der Waals surface area contributed by atoms with E-state index in [1.165, 1.54) is 41.8 Å². The molecule has 1 aromatic heterocycles. The summed E-state index contributed by atoms with van der Waals surface area (Å²) in [5, 5.41) is 5.73. The van der Waals surface area contributed by atoms with E-state index >= 15 is 0 Å². The Morgan fingerprint density at radius 3 is 2.72 bits per heavy atom. The highest BCUT2D eigenvalue weighted by atomic mass is 79.9. The van der Waals surface area contributed by atoms with E-state index in [0.29, 0.717) is 6.04 Å². The summed E-state index contributed by atoms with van der Waals surface area (Å²) in [7, 11) is 0. The van der Waals surface area contributed by atoms with E-state index in [9.17, 15) is 0 Å². The van der Waals surface area contributed by atoms with Crippen LogP contribution >= 0.6 is 27.3 Å². The lowest BCUT2D eigenvalue weighted by Gasteiger charge is -2.32. The maximum Gasteiger partial charge on any atom is 0.0339 e. The number of hydrogen-bond donors (Lipinski definition) is 1. The lowest BCUT2D eigenvalue weighted by Crippen LogP contribution is -2.38. The zero-order chi connectivity index (χ0) is 13.0. The van der Waals surface area contributed by atoms with Gasteiger partial charge in [-0.1, -0.05) is 13.8 Å². The standard InChI is InChI=1S/C14H23BrN2S/c1-11(2)16-9-12-3-6-17(7-4-12)10-14-13(15)5-8-18-14/h5,8,11-12,16H,3-4,6-7,9-10H2,1-2H3. The second-order valence-electron chi connectivity index (χ2n) is 5.47. The molecule has 2 nitrogen and oxygen atoms in total. The van der Waals surface area contributed by atoms with Gasteiger partial charge in [0.1, 0.15) is 0 Å². The van der Waals surface area contributed by atoms with E-state index in [4.69, 9.17) is 0 Å². The van der Waals surface area contributed by atoms with E-state index < -0.39 is 0 Å². The molecule has 0 aromatic carbocycles. The van der Waals surface area contributed by atoms with Crippen LogP contribution in [-0.2, 0) is 6.54 Å². The summed E-state index contributed by atoms with van der Waals surface area (Å²) >= 11 is 5.48. The number of nitrogens with one attached hydrogen (secondary N) is 1. The molecule has 2 heterocycles. The summed E-state index contributed by atoms with van der Waals surface area (Å²) in [5.41, 5.74) is 0. The van der Waals surface area contributed by atoms with Crippen LogP contribution in [0.2, 0.25) is 0 Å². The number of hydrogen-bond acceptors (Lipinski definition) is 3. The van der Waals surface area contributed by atoms with Crippen LogP contribution in [0.3, 0.4) is 0 Å². The smallest absolute Gasteiger partial charge is 0.0339 e. The highest BCUT2D eigenvalue weighted by Crippen LogP contribution is 2.26. The molecular weight excluding hydrogens is 308 g/mol. The molecule has 1 N–H and O–H groups in total. The van der Waals surface area contributed by atoms with Crippen LogP contribution in [0.4, 0.5) is 0 Å². The Kier molecular flexibility index (Phi) is 5.67. The second-order valence-corrected chi connectivity index (χ2v) is 7.33. The molecule has 1 saturated heterocycles. The van der Waals surface area contributed by atoms with Gasteiger partial charge < -0.3 is 5.32 Å². The second kappa shape index (κ2) is 7.04. The summed E-state index contributed by atoms with van der Waals surface area (Å²) in [4.78, 5) is 4.05. The minimum Gasteiger partial charge on any atom is -0.314 e. The molecule has 4 heteroatoms. The predicted molar refractivity (Wildman–Crippen MR) is 83.2 cm³/mol. The first-order chi connectivity index (χ1) is 8.65. The van der Waals surface area contributed by atoms with Crippen molar-refractivity contribution in [3.05, 3.63) is 20.8 Å². The molecule has 1 fully saturated rings. The van der Waals surface area contributed by atoms with Crippen molar-refractivity contribution in [1.82, 2.24) is 10.2 Å². The molecule has 0 radical (unpaired) electrons. The van der Waals surface area contributed by atoms with Crippen molar-refractivity contribution in [3.8, 4) is 0 Å². The van der Waals surface area contributed by atoms with Gasteiger partial charge in [-0.2, -0.15) is 0 Å². The van der Waals surface area contributed by atoms with Gasteiger partial charge in [0.2, 0.25) is 0 Å². The lowest BCUT2D eigenvalue weighted by atomic mass is 9.96. The number of halogens is 1. The summed E-state index contributed by atoms with van der Waals surface area (Å²) in [6, 6.07) is 2.77. The third kappa shape index (κ3) is 4.34. The first-order valence-corrected chi connectivity index (χ1v) is 8.50. The number of nitrogens with zero attached hydrogens (tertiary/aromatic N) is 1. The minimum absolute atomic E-state index is 0.616. The zero-order valence-electron chi connectivity index (χ0n) is 11.3. The van der Waals surface area contributed by atoms with Crippen molar-refractivity contribution in [2.75, 3.05) is 19.6 Å². The molecular formula is C14H23BrN2S. The third-order valence-electron chi connectivity index (χ3n) is 3.58. The molecule has 18 heavy (non-hydrogen) atoms. The van der Waals surface area contributed by atoms with E-state index in [0.717, 1.165) is 12.5 Å². The molecule has 2 rings (SSSR count). The normalized spacial score (nSPS) is 18.7. The number of piperidine rings is 1. The average molecular weight is 331 g/mol. The van der Waals surface area contributed by atoms with Crippen LogP contribution < -0.4 is 5.32 Å². The molecule has 0 spiro atoms. The molecule has 1 aromatic rings. The number of likely N-dealkylation sites (tertiary alicyclic amines) is 1. The van der Waals surface area contributed by atoms with Crippen molar-refractivity contribution in [1.29, 1.82) is 0 Å². The van der Waals surface area contributed by atoms with Gasteiger partial charge >= 0.3 is 0 Å². The van der Waals surface area contributed by atoms with Crippen molar-refractivity contribution < 1.29 is 0 Å². The molecule has 0 atom stereocenters. The van der Waals surface area contributed by atoms with Gasteiger partial charge in [0, 0.05) is 21.9 Å². The van der Waals surface area contributed by atoms with Gasteiger partial charge in [-0.25, -0.2) is 0 Å². The fourth-order valence-corrected chi connectivity index (χ4v) is 3.91. The zero-order valence-corrected chi connectivity index (χ0v) is 13.7. The Labute approximate surface area is 123 Å². The van der Waals surface area contributed by atoms with Crippen molar-refractivity contribution in [3.63, 3.8) is 0 Å². The van der Waals surface area contributed by atoms with Gasteiger partial charge in [-0.3, -0.25) is 4.90 Å². The molecule has 0 bridgehead atoms. The van der Waals surface area contributed by atoms with E-state index in [-0.39, 0.29) is 0 Å². The topological polar surface area (TPSA) is 15.3 Å². The van der Waals surface area contributed by atoms with Crippen LogP contribution in [0.5, 0.6) is 0 Å². The highest BCUT2D eigenvalue weighted by molar-refractivity contribution is 9.10. The minimum atomic E-state index is 0.616. The molecule has 0 amide bonds. The molecule has 102 valence electrons. The Morgan fingerprint density at radius 1 is 1.44 bits per heavy atom. The largest absolute Gasteiger partial charge is 0.314 e. The van der Waals surface area contributed by atoms with Gasteiger partial charge in [0.15, 0.2) is 0 Å². The Hall–Kier alpha value is 0.100. The number of thiophene rings is 1. The average Bonchev–Trinajstić information content (AvgIpc) is 2.74. The SMILES string of the molecule is CC(C)NCC1CCN(Cc2sccc2Br)CC1. The van der Waals surface area contributed by atoms with Crippen molar-refractivity contribution >= 4 is 27.3 Å². The highest BCUT2D eigenvalue weighted by Gasteiger charge is 2.19. The van der Waals surface area contributed by atoms with Crippen LogP contribution in [-0.4, -0.2) is 30.6 Å². The van der Waals surface area contributed by atoms with Crippen LogP contribution in [0.25, 0.3) is 0 Å². The van der Waals surface area contributed by atoms with Crippen molar-refractivity contribution in [2.24, 2.45) is 5.92 Å². The quantitative estimate of drug-likeness (QED) is 0.885. The summed E-state index contributed by atoms with van der Waals surface area (Å²) < 4.78 is 1.27. The monoisotopic (exact) mass is 330 g/mol. The predicted octanol–water partition coefficient (Wildman–Crippen LogP) is 3.72. The third-order valence-corrected chi connectivity index (χ3v) is 5.49. The summed E-state index contributed by atoms with van der Waals surface area (Å²) in [6.07, 6.45) is 2.67. The van der Waals surface area contributed by atoms with E-state index in [1.54, 1.807) is 0 Å². The fraction of sp³-hybridized carbons (Fsp3) is 0.714. The molecule has 1 aliphatic heterocycles. The van der Waals surface area contributed by atoms with Crippen molar-refractivity contribution in [2.45, 2.75) is 39.3 Å². The Balaban J connectivity index is 1.72. The van der Waals surface area contributed by atoms with Gasteiger partial charge in [0.25, 0.3) is 0 Å². The van der Waals surface area contributed by atoms with E-state index in [1.807, 2.05) is 11.3 Å². The van der Waals surface area contributed by atoms with Crippen LogP contribution in [0.15, 0.2) is 15.9 Å². The summed E-state index contributed by atoms with van der Waals surface area (Å²) in [5.74, 6) is 0.871. The first-order valence-electron chi connectivity index (χ1n) is 6.82. The van der Waals surface area contributed by atoms with Gasteiger partial charge in [-0.05, 0) is 65.8 Å². The first kappa shape index (κ1) is 14.5. The van der Waals surface area contributed by atoms with Crippen LogP contribution in [0.1, 0.15) is 31.6 Å². The molecule has 0 aliphatic carbocycles. The maximum atomic E-state index is 3.62. The summed E-state index contributed by atoms with van der Waals surface area (Å²) in [6.45, 7) is 9.24. The maximum absolute atomic E-state index is 3.62. The fourth-order valence-electron chi connectivity index (χ4n) is 2.39. The number of rotatable bonds is 5. The van der Waals surface area contributed by atoms with E-state index in [2.05, 4.69) is 51.4 Å². The molecule has 1 aliphatic rings. The Bertz CT molecular complexity index is 356. The Morgan fingerprint density at radius 2 is 2.17 bits per heavy atom.